The second kappa shape index (κ2) is 6.70. The third-order valence-corrected chi connectivity index (χ3v) is 4.48. The van der Waals surface area contributed by atoms with Gasteiger partial charge >= 0.3 is 5.97 Å². The fourth-order valence-electron chi connectivity index (χ4n) is 3.05. The van der Waals surface area contributed by atoms with Crippen molar-refractivity contribution >= 4 is 11.9 Å². The van der Waals surface area contributed by atoms with Crippen LogP contribution in [0.3, 0.4) is 0 Å². The van der Waals surface area contributed by atoms with Crippen LogP contribution in [0.4, 0.5) is 0 Å². The zero-order chi connectivity index (χ0) is 15.4. The molecule has 0 aromatic carbocycles. The Morgan fingerprint density at radius 2 is 2.10 bits per heavy atom. The van der Waals surface area contributed by atoms with Crippen molar-refractivity contribution in [2.45, 2.75) is 39.7 Å². The summed E-state index contributed by atoms with van der Waals surface area (Å²) in [6, 6.07) is 1.87. The lowest BCUT2D eigenvalue weighted by molar-refractivity contribution is -0.146. The zero-order valence-corrected chi connectivity index (χ0v) is 12.5. The molecular formula is C16H22N2O3. The van der Waals surface area contributed by atoms with Crippen LogP contribution in [-0.4, -0.2) is 22.0 Å². The molecular weight excluding hydrogens is 268 g/mol. The number of aryl methyl sites for hydroxylation is 1. The normalized spacial score (nSPS) is 24.8. The van der Waals surface area contributed by atoms with Gasteiger partial charge in [0.2, 0.25) is 5.91 Å². The Morgan fingerprint density at radius 1 is 1.38 bits per heavy atom. The molecule has 2 N–H and O–H groups in total. The van der Waals surface area contributed by atoms with Crippen molar-refractivity contribution in [3.05, 3.63) is 29.6 Å². The van der Waals surface area contributed by atoms with Gasteiger partial charge < -0.3 is 10.4 Å². The Morgan fingerprint density at radius 3 is 2.71 bits per heavy atom. The van der Waals surface area contributed by atoms with E-state index in [2.05, 4.69) is 10.3 Å². The average Bonchev–Trinajstić information content (AvgIpc) is 2.90. The molecule has 1 aliphatic rings. The minimum absolute atomic E-state index is 0.144. The largest absolute Gasteiger partial charge is 0.481 e. The van der Waals surface area contributed by atoms with Crippen molar-refractivity contribution < 1.29 is 14.7 Å². The van der Waals surface area contributed by atoms with Gasteiger partial charge in [-0.1, -0.05) is 13.3 Å². The number of rotatable bonds is 5. The first-order chi connectivity index (χ1) is 10.0. The molecule has 5 nitrogen and oxygen atoms in total. The summed E-state index contributed by atoms with van der Waals surface area (Å²) in [5.74, 6) is -1.62. The van der Waals surface area contributed by atoms with Crippen LogP contribution in [0.15, 0.2) is 18.5 Å². The van der Waals surface area contributed by atoms with Gasteiger partial charge in [-0.05, 0) is 42.9 Å². The van der Waals surface area contributed by atoms with E-state index in [0.717, 1.165) is 17.5 Å². The number of nitrogens with zero attached hydrogens (tertiary/aromatic N) is 1. The SMILES string of the molecule is CCC1C[C@H](C(=O)NCc2ccncc2C)[C@H](C(=O)O)C1. The molecule has 2 rings (SSSR count). The van der Waals surface area contributed by atoms with Crippen LogP contribution < -0.4 is 5.32 Å². The molecule has 1 amide bonds. The van der Waals surface area contributed by atoms with E-state index >= 15 is 0 Å². The van der Waals surface area contributed by atoms with Gasteiger partial charge in [-0.25, -0.2) is 0 Å². The van der Waals surface area contributed by atoms with Gasteiger partial charge in [-0.2, -0.15) is 0 Å². The Hall–Kier alpha value is -1.91. The summed E-state index contributed by atoms with van der Waals surface area (Å²) in [5, 5.41) is 12.2. The molecule has 21 heavy (non-hydrogen) atoms. The molecule has 0 radical (unpaired) electrons. The number of aromatic nitrogens is 1. The van der Waals surface area contributed by atoms with E-state index in [1.54, 1.807) is 12.4 Å². The van der Waals surface area contributed by atoms with Crippen LogP contribution in [-0.2, 0) is 16.1 Å². The molecule has 0 aliphatic heterocycles. The maximum absolute atomic E-state index is 12.3. The van der Waals surface area contributed by atoms with Gasteiger partial charge in [0.05, 0.1) is 11.8 Å². The molecule has 1 aliphatic carbocycles. The number of amides is 1. The average molecular weight is 290 g/mol. The Bertz CT molecular complexity index is 530. The summed E-state index contributed by atoms with van der Waals surface area (Å²) in [5.41, 5.74) is 2.03. The van der Waals surface area contributed by atoms with E-state index in [4.69, 9.17) is 0 Å². The van der Waals surface area contributed by atoms with Crippen molar-refractivity contribution in [2.24, 2.45) is 17.8 Å². The van der Waals surface area contributed by atoms with Gasteiger partial charge in [0.15, 0.2) is 0 Å². The van der Waals surface area contributed by atoms with Crippen LogP contribution in [0, 0.1) is 24.7 Å². The van der Waals surface area contributed by atoms with Crippen molar-refractivity contribution in [2.75, 3.05) is 0 Å². The summed E-state index contributed by atoms with van der Waals surface area (Å²) in [7, 11) is 0. The lowest BCUT2D eigenvalue weighted by Crippen LogP contribution is -2.35. The molecule has 5 heteroatoms. The highest BCUT2D eigenvalue weighted by molar-refractivity contribution is 5.85. The summed E-state index contributed by atoms with van der Waals surface area (Å²) in [4.78, 5) is 27.6. The molecule has 1 saturated carbocycles. The smallest absolute Gasteiger partial charge is 0.307 e. The van der Waals surface area contributed by atoms with E-state index in [-0.39, 0.29) is 5.91 Å². The fourth-order valence-corrected chi connectivity index (χ4v) is 3.05. The van der Waals surface area contributed by atoms with Crippen LogP contribution in [0.25, 0.3) is 0 Å². The van der Waals surface area contributed by atoms with Crippen LogP contribution in [0.5, 0.6) is 0 Å². The number of nitrogens with one attached hydrogen (secondary N) is 1. The molecule has 0 bridgehead atoms. The van der Waals surface area contributed by atoms with Gasteiger partial charge in [0.25, 0.3) is 0 Å². The van der Waals surface area contributed by atoms with E-state index < -0.39 is 17.8 Å². The molecule has 114 valence electrons. The molecule has 1 heterocycles. The van der Waals surface area contributed by atoms with E-state index in [1.165, 1.54) is 0 Å². The second-order valence-corrected chi connectivity index (χ2v) is 5.82. The van der Waals surface area contributed by atoms with Crippen molar-refractivity contribution in [1.82, 2.24) is 10.3 Å². The highest BCUT2D eigenvalue weighted by Crippen LogP contribution is 2.38. The van der Waals surface area contributed by atoms with Crippen molar-refractivity contribution in [3.63, 3.8) is 0 Å². The predicted octanol–water partition coefficient (Wildman–Crippen LogP) is 2.14. The topological polar surface area (TPSA) is 79.3 Å². The minimum atomic E-state index is -0.855. The monoisotopic (exact) mass is 290 g/mol. The standard InChI is InChI=1S/C16H22N2O3/c1-3-11-6-13(14(7-11)16(20)21)15(19)18-9-12-4-5-17-8-10(12)2/h4-5,8,11,13-14H,3,6-7,9H2,1-2H3,(H,18,19)(H,20,21)/t11?,13-,14+/m0/s1. The van der Waals surface area contributed by atoms with Gasteiger partial charge in [-0.15, -0.1) is 0 Å². The molecule has 1 unspecified atom stereocenters. The van der Waals surface area contributed by atoms with Gasteiger partial charge in [0.1, 0.15) is 0 Å². The summed E-state index contributed by atoms with van der Waals surface area (Å²) in [6.45, 7) is 4.41. The van der Waals surface area contributed by atoms with Crippen molar-refractivity contribution in [3.8, 4) is 0 Å². The number of hydrogen-bond acceptors (Lipinski definition) is 3. The number of carbonyl (C=O) groups excluding carboxylic acids is 1. The van der Waals surface area contributed by atoms with E-state index in [1.807, 2.05) is 19.9 Å². The number of carbonyl (C=O) groups is 2. The fraction of sp³-hybridized carbons (Fsp3) is 0.562. The Labute approximate surface area is 124 Å². The number of hydrogen-bond donors (Lipinski definition) is 2. The highest BCUT2D eigenvalue weighted by atomic mass is 16.4. The van der Waals surface area contributed by atoms with E-state index in [9.17, 15) is 14.7 Å². The summed E-state index contributed by atoms with van der Waals surface area (Å²) < 4.78 is 0. The molecule has 1 aromatic rings. The first-order valence-corrected chi connectivity index (χ1v) is 7.43. The van der Waals surface area contributed by atoms with Gasteiger partial charge in [0, 0.05) is 18.9 Å². The Balaban J connectivity index is 1.99. The lowest BCUT2D eigenvalue weighted by Gasteiger charge is -2.16. The van der Waals surface area contributed by atoms with Gasteiger partial charge in [-0.3, -0.25) is 14.6 Å². The Kier molecular flexibility index (Phi) is 4.94. The quantitative estimate of drug-likeness (QED) is 0.870. The van der Waals surface area contributed by atoms with E-state index in [0.29, 0.717) is 25.3 Å². The zero-order valence-electron chi connectivity index (χ0n) is 12.5. The molecule has 0 saturated heterocycles. The minimum Gasteiger partial charge on any atom is -0.481 e. The number of aliphatic carboxylic acids is 1. The lowest BCUT2D eigenvalue weighted by atomic mass is 9.95. The third kappa shape index (κ3) is 3.60. The van der Waals surface area contributed by atoms with Crippen LogP contribution in [0.1, 0.15) is 37.3 Å². The summed E-state index contributed by atoms with van der Waals surface area (Å²) in [6.07, 6.45) is 5.66. The molecule has 3 atom stereocenters. The molecule has 1 fully saturated rings. The molecule has 1 aromatic heterocycles. The second-order valence-electron chi connectivity index (χ2n) is 5.82. The van der Waals surface area contributed by atoms with Crippen LogP contribution >= 0.6 is 0 Å². The number of pyridine rings is 1. The first-order valence-electron chi connectivity index (χ1n) is 7.43. The summed E-state index contributed by atoms with van der Waals surface area (Å²) >= 11 is 0. The third-order valence-electron chi connectivity index (χ3n) is 4.48. The predicted molar refractivity (Wildman–Crippen MR) is 78.5 cm³/mol. The van der Waals surface area contributed by atoms with Crippen LogP contribution in [0.2, 0.25) is 0 Å². The maximum atomic E-state index is 12.3. The number of carboxylic acid groups (broad SMARTS) is 1. The van der Waals surface area contributed by atoms with Crippen molar-refractivity contribution in [1.29, 1.82) is 0 Å². The first kappa shape index (κ1) is 15.5. The highest BCUT2D eigenvalue weighted by Gasteiger charge is 2.41. The maximum Gasteiger partial charge on any atom is 0.307 e. The molecule has 0 spiro atoms. The number of carboxylic acids is 1.